The molecule has 23 heavy (non-hydrogen) atoms. The number of pyridine rings is 1. The fraction of sp³-hybridized carbons (Fsp3) is 0.0625. The van der Waals surface area contributed by atoms with E-state index in [0.29, 0.717) is 28.4 Å². The fourth-order valence-corrected chi connectivity index (χ4v) is 2.78. The van der Waals surface area contributed by atoms with Gasteiger partial charge in [0.05, 0.1) is 5.69 Å². The molecule has 0 unspecified atom stereocenters. The second kappa shape index (κ2) is 6.53. The van der Waals surface area contributed by atoms with Crippen LogP contribution in [-0.4, -0.2) is 15.3 Å². The van der Waals surface area contributed by atoms with E-state index < -0.39 is 0 Å². The molecule has 116 valence electrons. The summed E-state index contributed by atoms with van der Waals surface area (Å²) in [5, 5.41) is 2.79. The van der Waals surface area contributed by atoms with Crippen molar-refractivity contribution in [3.8, 4) is 11.3 Å². The van der Waals surface area contributed by atoms with Crippen molar-refractivity contribution in [3.05, 3.63) is 65.0 Å². The van der Waals surface area contributed by atoms with Crippen molar-refractivity contribution in [2.75, 3.05) is 5.73 Å². The lowest BCUT2D eigenvalue weighted by Gasteiger charge is -2.04. The van der Waals surface area contributed by atoms with Crippen LogP contribution in [0, 0.1) is 5.82 Å². The van der Waals surface area contributed by atoms with Crippen LogP contribution >= 0.6 is 11.5 Å². The lowest BCUT2D eigenvalue weighted by Crippen LogP contribution is -2.22. The van der Waals surface area contributed by atoms with E-state index in [2.05, 4.69) is 14.7 Å². The van der Waals surface area contributed by atoms with E-state index in [9.17, 15) is 9.18 Å². The smallest absolute Gasteiger partial charge is 0.265 e. The molecule has 0 saturated carbocycles. The number of hydrogen-bond acceptors (Lipinski definition) is 5. The molecule has 1 amide bonds. The summed E-state index contributed by atoms with van der Waals surface area (Å²) in [6.45, 7) is 0.380. The molecular formula is C16H13FN4OS. The molecule has 0 spiro atoms. The summed E-state index contributed by atoms with van der Waals surface area (Å²) in [4.78, 5) is 16.5. The Hall–Kier alpha value is -2.80. The van der Waals surface area contributed by atoms with Gasteiger partial charge in [-0.25, -0.2) is 4.39 Å². The zero-order chi connectivity index (χ0) is 16.2. The van der Waals surface area contributed by atoms with Gasteiger partial charge in [-0.1, -0.05) is 0 Å². The highest BCUT2D eigenvalue weighted by Gasteiger charge is 2.18. The highest BCUT2D eigenvalue weighted by molar-refractivity contribution is 7.09. The number of nitrogens with two attached hydrogens (primary N) is 1. The van der Waals surface area contributed by atoms with Crippen LogP contribution in [0.1, 0.15) is 15.2 Å². The zero-order valence-corrected chi connectivity index (χ0v) is 12.8. The monoisotopic (exact) mass is 328 g/mol. The van der Waals surface area contributed by atoms with Gasteiger partial charge >= 0.3 is 0 Å². The third kappa shape index (κ3) is 3.35. The number of anilines is 1. The van der Waals surface area contributed by atoms with Crippen LogP contribution in [0.2, 0.25) is 0 Å². The number of nitrogens with zero attached hydrogens (tertiary/aromatic N) is 2. The largest absolute Gasteiger partial charge is 0.396 e. The van der Waals surface area contributed by atoms with Crippen molar-refractivity contribution in [3.63, 3.8) is 0 Å². The molecule has 3 aromatic rings. The Morgan fingerprint density at radius 1 is 1.17 bits per heavy atom. The lowest BCUT2D eigenvalue weighted by atomic mass is 10.1. The van der Waals surface area contributed by atoms with Gasteiger partial charge in [0.2, 0.25) is 0 Å². The van der Waals surface area contributed by atoms with Gasteiger partial charge < -0.3 is 11.1 Å². The first kappa shape index (κ1) is 15.1. The summed E-state index contributed by atoms with van der Waals surface area (Å²) >= 11 is 1.03. The molecule has 0 saturated heterocycles. The first-order valence-corrected chi connectivity index (χ1v) is 7.60. The van der Waals surface area contributed by atoms with Crippen molar-refractivity contribution in [2.45, 2.75) is 6.54 Å². The van der Waals surface area contributed by atoms with Crippen molar-refractivity contribution in [1.82, 2.24) is 14.7 Å². The Morgan fingerprint density at radius 2 is 1.87 bits per heavy atom. The summed E-state index contributed by atoms with van der Waals surface area (Å²) in [5.74, 6) is -0.622. The fourth-order valence-electron chi connectivity index (χ4n) is 2.04. The SMILES string of the molecule is Nc1c(-c2ccc(F)cc2)nsc1C(=O)NCc1ccncc1. The molecule has 0 aliphatic rings. The Kier molecular flexibility index (Phi) is 4.29. The molecule has 0 bridgehead atoms. The molecule has 0 radical (unpaired) electrons. The Labute approximate surface area is 136 Å². The number of hydrogen-bond donors (Lipinski definition) is 2. The molecular weight excluding hydrogens is 315 g/mol. The van der Waals surface area contributed by atoms with Crippen LogP contribution in [0.4, 0.5) is 10.1 Å². The van der Waals surface area contributed by atoms with Crippen LogP contribution < -0.4 is 11.1 Å². The number of carbonyl (C=O) groups excluding carboxylic acids is 1. The quantitative estimate of drug-likeness (QED) is 0.772. The molecule has 0 aliphatic heterocycles. The summed E-state index contributed by atoms with van der Waals surface area (Å²) < 4.78 is 17.2. The van der Waals surface area contributed by atoms with E-state index in [4.69, 9.17) is 5.73 Å². The third-order valence-electron chi connectivity index (χ3n) is 3.25. The van der Waals surface area contributed by atoms with Gasteiger partial charge in [-0.05, 0) is 53.5 Å². The summed E-state index contributed by atoms with van der Waals surface area (Å²) in [5.41, 5.74) is 8.43. The Balaban J connectivity index is 1.76. The number of nitrogens with one attached hydrogen (secondary N) is 1. The molecule has 0 atom stereocenters. The molecule has 3 N–H and O–H groups in total. The van der Waals surface area contributed by atoms with Crippen molar-refractivity contribution in [2.24, 2.45) is 0 Å². The molecule has 7 heteroatoms. The maximum absolute atomic E-state index is 13.0. The van der Waals surface area contributed by atoms with E-state index in [1.54, 1.807) is 24.5 Å². The normalized spacial score (nSPS) is 10.5. The predicted octanol–water partition coefficient (Wildman–Crippen LogP) is 2.86. The third-order valence-corrected chi connectivity index (χ3v) is 4.12. The van der Waals surface area contributed by atoms with Crippen LogP contribution in [0.25, 0.3) is 11.3 Å². The van der Waals surface area contributed by atoms with Gasteiger partial charge in [0.15, 0.2) is 0 Å². The Morgan fingerprint density at radius 3 is 2.57 bits per heavy atom. The maximum Gasteiger partial charge on any atom is 0.265 e. The van der Waals surface area contributed by atoms with Crippen LogP contribution in [-0.2, 0) is 6.54 Å². The van der Waals surface area contributed by atoms with Gasteiger partial charge in [0.1, 0.15) is 16.4 Å². The number of aromatic nitrogens is 2. The number of halogens is 1. The first-order chi connectivity index (χ1) is 11.1. The second-order valence-electron chi connectivity index (χ2n) is 4.82. The van der Waals surface area contributed by atoms with Gasteiger partial charge in [-0.15, -0.1) is 0 Å². The van der Waals surface area contributed by atoms with E-state index in [1.165, 1.54) is 12.1 Å². The number of nitrogen functional groups attached to an aromatic ring is 1. The minimum absolute atomic E-state index is 0.287. The zero-order valence-electron chi connectivity index (χ0n) is 12.0. The van der Waals surface area contributed by atoms with Crippen LogP contribution in [0.3, 0.4) is 0 Å². The summed E-state index contributed by atoms with van der Waals surface area (Å²) in [6.07, 6.45) is 3.32. The molecule has 5 nitrogen and oxygen atoms in total. The highest BCUT2D eigenvalue weighted by atomic mass is 32.1. The summed E-state index contributed by atoms with van der Waals surface area (Å²) in [7, 11) is 0. The van der Waals surface area contributed by atoms with E-state index in [-0.39, 0.29) is 11.7 Å². The highest BCUT2D eigenvalue weighted by Crippen LogP contribution is 2.30. The van der Waals surface area contributed by atoms with Crippen molar-refractivity contribution < 1.29 is 9.18 Å². The molecule has 1 aromatic carbocycles. The van der Waals surface area contributed by atoms with Gasteiger partial charge in [-0.2, -0.15) is 4.37 Å². The van der Waals surface area contributed by atoms with Crippen LogP contribution in [0.15, 0.2) is 48.8 Å². The van der Waals surface area contributed by atoms with E-state index in [1.807, 2.05) is 12.1 Å². The minimum Gasteiger partial charge on any atom is -0.396 e. The van der Waals surface area contributed by atoms with Crippen molar-refractivity contribution >= 4 is 23.1 Å². The lowest BCUT2D eigenvalue weighted by molar-refractivity contribution is 0.0956. The average molecular weight is 328 g/mol. The van der Waals surface area contributed by atoms with E-state index >= 15 is 0 Å². The molecule has 2 heterocycles. The molecule has 0 fully saturated rings. The van der Waals surface area contributed by atoms with Gasteiger partial charge in [0.25, 0.3) is 5.91 Å². The van der Waals surface area contributed by atoms with Gasteiger partial charge in [0, 0.05) is 24.5 Å². The standard InChI is InChI=1S/C16H13FN4OS/c17-12-3-1-11(2-4-12)14-13(18)15(23-21-14)16(22)20-9-10-5-7-19-8-6-10/h1-8H,9,18H2,(H,20,22). The summed E-state index contributed by atoms with van der Waals surface area (Å²) in [6, 6.07) is 9.47. The predicted molar refractivity (Wildman–Crippen MR) is 87.3 cm³/mol. The van der Waals surface area contributed by atoms with Crippen molar-refractivity contribution in [1.29, 1.82) is 0 Å². The second-order valence-corrected chi connectivity index (χ2v) is 5.59. The first-order valence-electron chi connectivity index (χ1n) is 6.83. The maximum atomic E-state index is 13.0. The topological polar surface area (TPSA) is 80.9 Å². The number of rotatable bonds is 4. The minimum atomic E-state index is -0.335. The number of amides is 1. The molecule has 2 aromatic heterocycles. The molecule has 3 rings (SSSR count). The van der Waals surface area contributed by atoms with Crippen LogP contribution in [0.5, 0.6) is 0 Å². The Bertz CT molecular complexity index is 818. The average Bonchev–Trinajstić information content (AvgIpc) is 2.96. The number of benzene rings is 1. The van der Waals surface area contributed by atoms with Gasteiger partial charge in [-0.3, -0.25) is 9.78 Å². The number of carbonyl (C=O) groups is 1. The molecule has 0 aliphatic carbocycles. The van der Waals surface area contributed by atoms with E-state index in [0.717, 1.165) is 17.1 Å².